The quantitative estimate of drug-likeness (QED) is 0.735. The molecule has 0 saturated carbocycles. The van der Waals surface area contributed by atoms with E-state index < -0.39 is 22.0 Å². The minimum absolute atomic E-state index is 0.140. The zero-order chi connectivity index (χ0) is 19.4. The molecule has 0 spiro atoms. The number of amides is 2. The van der Waals surface area contributed by atoms with E-state index in [2.05, 4.69) is 10.0 Å². The first kappa shape index (κ1) is 19.5. The third kappa shape index (κ3) is 4.94. The Morgan fingerprint density at radius 1 is 1.30 bits per heavy atom. The number of rotatable bonds is 7. The highest BCUT2D eigenvalue weighted by molar-refractivity contribution is 7.91. The fourth-order valence-corrected chi connectivity index (χ4v) is 5.06. The highest BCUT2D eigenvalue weighted by atomic mass is 32.2. The highest BCUT2D eigenvalue weighted by Gasteiger charge is 2.23. The van der Waals surface area contributed by atoms with Gasteiger partial charge in [-0.3, -0.25) is 9.59 Å². The summed E-state index contributed by atoms with van der Waals surface area (Å²) < 4.78 is 27.0. The fraction of sp³-hybridized carbons (Fsp3) is 0.333. The summed E-state index contributed by atoms with van der Waals surface area (Å²) >= 11 is 1.09. The molecule has 9 heteroatoms. The van der Waals surface area contributed by atoms with E-state index in [1.54, 1.807) is 34.5 Å². The van der Waals surface area contributed by atoms with Crippen molar-refractivity contribution < 1.29 is 18.0 Å². The average Bonchev–Trinajstić information content (AvgIpc) is 3.28. The van der Waals surface area contributed by atoms with Gasteiger partial charge in [0.15, 0.2) is 0 Å². The second kappa shape index (κ2) is 8.20. The second-order valence-electron chi connectivity index (χ2n) is 6.38. The van der Waals surface area contributed by atoms with Crippen LogP contribution >= 0.6 is 11.3 Å². The van der Waals surface area contributed by atoms with Crippen LogP contribution in [0, 0.1) is 0 Å². The Morgan fingerprint density at radius 3 is 2.78 bits per heavy atom. The standard InChI is InChI=1S/C18H21N3O4S2/c1-13(20-27(24,25)17-8-4-10-26-17)18(23)19-15-6-2-5-14(11-15)12-21-9-3-7-16(21)22/h2,4-6,8,10-11,13,20H,3,7,9,12H2,1H3,(H,19,23). The molecule has 0 radical (unpaired) electrons. The molecule has 2 heterocycles. The third-order valence-corrected chi connectivity index (χ3v) is 7.16. The van der Waals surface area contributed by atoms with Crippen LogP contribution in [0.3, 0.4) is 0 Å². The van der Waals surface area contributed by atoms with Crippen molar-refractivity contribution in [2.75, 3.05) is 11.9 Å². The normalized spacial score (nSPS) is 15.7. The molecule has 0 bridgehead atoms. The predicted octanol–water partition coefficient (Wildman–Crippen LogP) is 2.18. The second-order valence-corrected chi connectivity index (χ2v) is 9.27. The first-order valence-corrected chi connectivity index (χ1v) is 10.9. The number of thiophene rings is 1. The molecule has 2 aromatic rings. The molecular formula is C18H21N3O4S2. The average molecular weight is 408 g/mol. The van der Waals surface area contributed by atoms with E-state index in [0.717, 1.165) is 29.9 Å². The molecule has 2 amide bonds. The summed E-state index contributed by atoms with van der Waals surface area (Å²) in [5.74, 6) is -0.314. The SMILES string of the molecule is CC(NS(=O)(=O)c1cccs1)C(=O)Nc1cccc(CN2CCCC2=O)c1. The molecule has 27 heavy (non-hydrogen) atoms. The van der Waals surface area contributed by atoms with E-state index in [1.165, 1.54) is 13.0 Å². The van der Waals surface area contributed by atoms with Crippen molar-refractivity contribution in [3.63, 3.8) is 0 Å². The van der Waals surface area contributed by atoms with E-state index in [4.69, 9.17) is 0 Å². The summed E-state index contributed by atoms with van der Waals surface area (Å²) in [5.41, 5.74) is 1.47. The van der Waals surface area contributed by atoms with Gasteiger partial charge in [0.05, 0.1) is 6.04 Å². The summed E-state index contributed by atoms with van der Waals surface area (Å²) in [6.45, 7) is 2.74. The van der Waals surface area contributed by atoms with Crippen molar-refractivity contribution in [2.45, 2.75) is 36.6 Å². The Balaban J connectivity index is 1.62. The maximum absolute atomic E-state index is 12.4. The van der Waals surface area contributed by atoms with Gasteiger partial charge >= 0.3 is 0 Å². The van der Waals surface area contributed by atoms with Crippen LogP contribution in [0.2, 0.25) is 0 Å². The number of carbonyl (C=O) groups excluding carboxylic acids is 2. The van der Waals surface area contributed by atoms with E-state index in [-0.39, 0.29) is 10.1 Å². The van der Waals surface area contributed by atoms with Crippen molar-refractivity contribution in [1.29, 1.82) is 0 Å². The van der Waals surface area contributed by atoms with Crippen LogP contribution in [0.1, 0.15) is 25.3 Å². The maximum atomic E-state index is 12.4. The minimum Gasteiger partial charge on any atom is -0.338 e. The molecule has 1 aromatic heterocycles. The Labute approximate surface area is 162 Å². The molecule has 0 aliphatic carbocycles. The van der Waals surface area contributed by atoms with E-state index in [1.807, 2.05) is 6.07 Å². The van der Waals surface area contributed by atoms with Crippen molar-refractivity contribution in [3.05, 3.63) is 47.3 Å². The van der Waals surface area contributed by atoms with Gasteiger partial charge in [-0.1, -0.05) is 18.2 Å². The van der Waals surface area contributed by atoms with Gasteiger partial charge in [0.25, 0.3) is 10.0 Å². The lowest BCUT2D eigenvalue weighted by molar-refractivity contribution is -0.128. The Morgan fingerprint density at radius 2 is 2.11 bits per heavy atom. The fourth-order valence-electron chi connectivity index (χ4n) is 2.85. The number of nitrogens with zero attached hydrogens (tertiary/aromatic N) is 1. The maximum Gasteiger partial charge on any atom is 0.250 e. The van der Waals surface area contributed by atoms with Gasteiger partial charge in [-0.25, -0.2) is 8.42 Å². The van der Waals surface area contributed by atoms with Crippen LogP contribution in [-0.2, 0) is 26.2 Å². The number of hydrogen-bond acceptors (Lipinski definition) is 5. The highest BCUT2D eigenvalue weighted by Crippen LogP contribution is 2.18. The number of nitrogens with one attached hydrogen (secondary N) is 2. The van der Waals surface area contributed by atoms with Crippen LogP contribution in [0.5, 0.6) is 0 Å². The van der Waals surface area contributed by atoms with Crippen LogP contribution in [0.15, 0.2) is 46.0 Å². The third-order valence-electron chi connectivity index (χ3n) is 4.22. The molecular weight excluding hydrogens is 386 g/mol. The lowest BCUT2D eigenvalue weighted by Gasteiger charge is -2.17. The molecule has 3 rings (SSSR count). The van der Waals surface area contributed by atoms with Gasteiger partial charge < -0.3 is 10.2 Å². The van der Waals surface area contributed by atoms with Gasteiger partial charge in [-0.05, 0) is 42.5 Å². The molecule has 1 atom stereocenters. The zero-order valence-electron chi connectivity index (χ0n) is 14.8. The summed E-state index contributed by atoms with van der Waals surface area (Å²) in [6, 6.07) is 9.41. The van der Waals surface area contributed by atoms with Gasteiger partial charge in [0.2, 0.25) is 11.8 Å². The molecule has 2 N–H and O–H groups in total. The molecule has 1 saturated heterocycles. The monoisotopic (exact) mass is 407 g/mol. The summed E-state index contributed by atoms with van der Waals surface area (Å²) in [6.07, 6.45) is 1.45. The summed E-state index contributed by atoms with van der Waals surface area (Å²) in [7, 11) is -3.72. The van der Waals surface area contributed by atoms with Gasteiger partial charge in [-0.2, -0.15) is 4.72 Å². The van der Waals surface area contributed by atoms with E-state index in [9.17, 15) is 18.0 Å². The molecule has 1 aliphatic rings. The van der Waals surface area contributed by atoms with Gasteiger partial charge in [0.1, 0.15) is 4.21 Å². The zero-order valence-corrected chi connectivity index (χ0v) is 16.5. The number of likely N-dealkylation sites (tertiary alicyclic amines) is 1. The Kier molecular flexibility index (Phi) is 5.93. The molecule has 1 aromatic carbocycles. The van der Waals surface area contributed by atoms with Crippen molar-refractivity contribution in [2.24, 2.45) is 0 Å². The summed E-state index contributed by atoms with van der Waals surface area (Å²) in [5, 5.41) is 4.38. The Hall–Kier alpha value is -2.23. The van der Waals surface area contributed by atoms with E-state index >= 15 is 0 Å². The van der Waals surface area contributed by atoms with Crippen molar-refractivity contribution in [1.82, 2.24) is 9.62 Å². The van der Waals surface area contributed by atoms with Crippen LogP contribution in [0.4, 0.5) is 5.69 Å². The number of benzene rings is 1. The predicted molar refractivity (Wildman–Crippen MR) is 104 cm³/mol. The number of carbonyl (C=O) groups is 2. The van der Waals surface area contributed by atoms with E-state index in [0.29, 0.717) is 18.7 Å². The number of sulfonamides is 1. The topological polar surface area (TPSA) is 95.6 Å². The number of hydrogen-bond donors (Lipinski definition) is 2. The molecule has 1 aliphatic heterocycles. The molecule has 1 unspecified atom stereocenters. The lowest BCUT2D eigenvalue weighted by atomic mass is 10.2. The first-order valence-electron chi connectivity index (χ1n) is 8.58. The number of anilines is 1. The van der Waals surface area contributed by atoms with Crippen molar-refractivity contribution >= 4 is 38.9 Å². The van der Waals surface area contributed by atoms with Crippen LogP contribution in [-0.4, -0.2) is 37.7 Å². The molecule has 1 fully saturated rings. The van der Waals surface area contributed by atoms with Gasteiger partial charge in [0, 0.05) is 25.2 Å². The molecule has 7 nitrogen and oxygen atoms in total. The van der Waals surface area contributed by atoms with Gasteiger partial charge in [-0.15, -0.1) is 11.3 Å². The Bertz CT molecular complexity index is 926. The molecule has 144 valence electrons. The summed E-state index contributed by atoms with van der Waals surface area (Å²) in [4.78, 5) is 25.9. The smallest absolute Gasteiger partial charge is 0.250 e. The first-order chi connectivity index (χ1) is 12.8. The lowest BCUT2D eigenvalue weighted by Crippen LogP contribution is -2.41. The minimum atomic E-state index is -3.72. The van der Waals surface area contributed by atoms with Crippen molar-refractivity contribution in [3.8, 4) is 0 Å². The largest absolute Gasteiger partial charge is 0.338 e. The van der Waals surface area contributed by atoms with Crippen LogP contribution in [0.25, 0.3) is 0 Å². The van der Waals surface area contributed by atoms with Crippen LogP contribution < -0.4 is 10.0 Å².